The molecule has 0 radical (unpaired) electrons. The molecule has 2 aromatic rings. The molecule has 0 aliphatic heterocycles. The van der Waals surface area contributed by atoms with Crippen molar-refractivity contribution in [3.63, 3.8) is 0 Å². The van der Waals surface area contributed by atoms with Gasteiger partial charge in [-0.05, 0) is 30.7 Å². The highest BCUT2D eigenvalue weighted by Gasteiger charge is 2.33. The second-order valence-electron chi connectivity index (χ2n) is 4.76. The molecule has 0 saturated heterocycles. The fourth-order valence-corrected chi connectivity index (χ4v) is 2.06. The van der Waals surface area contributed by atoms with E-state index in [1.807, 2.05) is 0 Å². The molecule has 0 spiro atoms. The molecule has 20 heavy (non-hydrogen) atoms. The summed E-state index contributed by atoms with van der Waals surface area (Å²) >= 11 is 0. The van der Waals surface area contributed by atoms with Crippen LogP contribution in [0.1, 0.15) is 23.6 Å². The smallest absolute Gasteiger partial charge is 0.318 e. The summed E-state index contributed by atoms with van der Waals surface area (Å²) in [7, 11) is 0. The largest absolute Gasteiger partial charge is 0.416 e. The molecule has 0 amide bonds. The van der Waals surface area contributed by atoms with E-state index >= 15 is 0 Å². The molecule has 1 unspecified atom stereocenters. The van der Waals surface area contributed by atoms with E-state index in [1.165, 1.54) is 37.3 Å². The highest BCUT2D eigenvalue weighted by atomic mass is 19.4. The van der Waals surface area contributed by atoms with Crippen molar-refractivity contribution >= 4 is 0 Å². The average Bonchev–Trinajstić information content (AvgIpc) is 2.38. The first-order chi connectivity index (χ1) is 9.23. The van der Waals surface area contributed by atoms with Crippen LogP contribution in [0.2, 0.25) is 0 Å². The SMILES string of the molecule is CC(N)(c1cccc(C(F)(F)F)c1)c1ccccc1F. The minimum Gasteiger partial charge on any atom is -0.318 e. The molecule has 0 aromatic heterocycles. The molecule has 2 rings (SSSR count). The Morgan fingerprint density at radius 1 is 0.900 bits per heavy atom. The second-order valence-corrected chi connectivity index (χ2v) is 4.76. The first-order valence-electron chi connectivity index (χ1n) is 5.94. The molecule has 0 bridgehead atoms. The normalized spacial score (nSPS) is 14.9. The van der Waals surface area contributed by atoms with Gasteiger partial charge in [0.25, 0.3) is 0 Å². The van der Waals surface area contributed by atoms with Crippen LogP contribution in [0.4, 0.5) is 17.6 Å². The van der Waals surface area contributed by atoms with Gasteiger partial charge in [-0.3, -0.25) is 0 Å². The molecule has 0 fully saturated rings. The van der Waals surface area contributed by atoms with Gasteiger partial charge in [-0.2, -0.15) is 13.2 Å². The summed E-state index contributed by atoms with van der Waals surface area (Å²) in [4.78, 5) is 0. The second kappa shape index (κ2) is 4.90. The van der Waals surface area contributed by atoms with Crippen LogP contribution in [0.25, 0.3) is 0 Å². The minimum atomic E-state index is -4.46. The van der Waals surface area contributed by atoms with Crippen LogP contribution in [-0.4, -0.2) is 0 Å². The van der Waals surface area contributed by atoms with Crippen LogP contribution in [0.3, 0.4) is 0 Å². The number of nitrogens with two attached hydrogens (primary N) is 1. The number of halogens is 4. The number of alkyl halides is 3. The molecule has 2 aromatic carbocycles. The fourth-order valence-electron chi connectivity index (χ4n) is 2.06. The third-order valence-electron chi connectivity index (χ3n) is 3.22. The molecule has 5 heteroatoms. The van der Waals surface area contributed by atoms with E-state index in [0.717, 1.165) is 12.1 Å². The summed E-state index contributed by atoms with van der Waals surface area (Å²) < 4.78 is 52.0. The maximum Gasteiger partial charge on any atom is 0.416 e. The van der Waals surface area contributed by atoms with Gasteiger partial charge in [-0.25, -0.2) is 4.39 Å². The Hall–Kier alpha value is -1.88. The number of hydrogen-bond acceptors (Lipinski definition) is 1. The van der Waals surface area contributed by atoms with Crippen molar-refractivity contribution in [3.8, 4) is 0 Å². The predicted octanol–water partition coefficient (Wildman–Crippen LogP) is 4.07. The van der Waals surface area contributed by atoms with Crippen molar-refractivity contribution in [2.45, 2.75) is 18.6 Å². The van der Waals surface area contributed by atoms with Gasteiger partial charge < -0.3 is 5.73 Å². The van der Waals surface area contributed by atoms with Crippen molar-refractivity contribution in [1.82, 2.24) is 0 Å². The van der Waals surface area contributed by atoms with Crippen LogP contribution < -0.4 is 5.73 Å². The highest BCUT2D eigenvalue weighted by molar-refractivity contribution is 5.40. The van der Waals surface area contributed by atoms with Gasteiger partial charge >= 0.3 is 6.18 Å². The van der Waals surface area contributed by atoms with Gasteiger partial charge in [0.1, 0.15) is 5.82 Å². The van der Waals surface area contributed by atoms with Gasteiger partial charge in [0.15, 0.2) is 0 Å². The van der Waals surface area contributed by atoms with Crippen molar-refractivity contribution in [3.05, 3.63) is 71.0 Å². The maximum absolute atomic E-state index is 13.8. The van der Waals surface area contributed by atoms with Gasteiger partial charge in [0.2, 0.25) is 0 Å². The van der Waals surface area contributed by atoms with Crippen LogP contribution in [0.5, 0.6) is 0 Å². The Morgan fingerprint density at radius 2 is 1.50 bits per heavy atom. The summed E-state index contributed by atoms with van der Waals surface area (Å²) in [6.07, 6.45) is -4.46. The molecule has 0 saturated carbocycles. The molecule has 0 aliphatic rings. The van der Waals surface area contributed by atoms with E-state index in [1.54, 1.807) is 6.07 Å². The molecule has 1 atom stereocenters. The summed E-state index contributed by atoms with van der Waals surface area (Å²) in [6, 6.07) is 10.4. The van der Waals surface area contributed by atoms with Crippen molar-refractivity contribution in [2.75, 3.05) is 0 Å². The lowest BCUT2D eigenvalue weighted by atomic mass is 9.84. The lowest BCUT2D eigenvalue weighted by Crippen LogP contribution is -2.35. The van der Waals surface area contributed by atoms with Crippen molar-refractivity contribution in [1.29, 1.82) is 0 Å². The number of benzene rings is 2. The van der Waals surface area contributed by atoms with Crippen LogP contribution >= 0.6 is 0 Å². The van der Waals surface area contributed by atoms with E-state index < -0.39 is 23.1 Å². The van der Waals surface area contributed by atoms with Gasteiger partial charge in [0.05, 0.1) is 11.1 Å². The third-order valence-corrected chi connectivity index (χ3v) is 3.22. The number of hydrogen-bond donors (Lipinski definition) is 1. The van der Waals surface area contributed by atoms with Gasteiger partial charge in [-0.1, -0.05) is 30.3 Å². The highest BCUT2D eigenvalue weighted by Crippen LogP contribution is 2.34. The fraction of sp³-hybridized carbons (Fsp3) is 0.200. The Labute approximate surface area is 114 Å². The standard InChI is InChI=1S/C15H13F4N/c1-14(20,12-7-2-3-8-13(12)16)10-5-4-6-11(9-10)15(17,18)19/h2-9H,20H2,1H3. The lowest BCUT2D eigenvalue weighted by Gasteiger charge is -2.27. The first-order valence-corrected chi connectivity index (χ1v) is 5.94. The summed E-state index contributed by atoms with van der Waals surface area (Å²) in [5.41, 5.74) is 4.28. The molecule has 2 N–H and O–H groups in total. The monoisotopic (exact) mass is 283 g/mol. The van der Waals surface area contributed by atoms with Gasteiger partial charge in [0, 0.05) is 5.56 Å². The summed E-state index contributed by atoms with van der Waals surface area (Å²) in [5.74, 6) is -0.546. The van der Waals surface area contributed by atoms with E-state index in [9.17, 15) is 17.6 Å². The van der Waals surface area contributed by atoms with Crippen molar-refractivity contribution < 1.29 is 17.6 Å². The minimum absolute atomic E-state index is 0.152. The zero-order valence-electron chi connectivity index (χ0n) is 10.7. The van der Waals surface area contributed by atoms with E-state index in [2.05, 4.69) is 0 Å². The molecule has 1 nitrogen and oxygen atoms in total. The Balaban J connectivity index is 2.53. The third kappa shape index (κ3) is 2.67. The van der Waals surface area contributed by atoms with Crippen LogP contribution in [0, 0.1) is 5.82 Å². The van der Waals surface area contributed by atoms with Crippen LogP contribution in [0.15, 0.2) is 48.5 Å². The zero-order chi connectivity index (χ0) is 15.0. The summed E-state index contributed by atoms with van der Waals surface area (Å²) in [6.45, 7) is 1.49. The maximum atomic E-state index is 13.8. The molecular weight excluding hydrogens is 270 g/mol. The van der Waals surface area contributed by atoms with E-state index in [4.69, 9.17) is 5.73 Å². The summed E-state index contributed by atoms with van der Waals surface area (Å²) in [5, 5.41) is 0. The Morgan fingerprint density at radius 3 is 2.10 bits per heavy atom. The Kier molecular flexibility index (Phi) is 3.56. The van der Waals surface area contributed by atoms with E-state index in [0.29, 0.717) is 0 Å². The first kappa shape index (κ1) is 14.5. The lowest BCUT2D eigenvalue weighted by molar-refractivity contribution is -0.137. The van der Waals surface area contributed by atoms with Crippen molar-refractivity contribution in [2.24, 2.45) is 5.73 Å². The quantitative estimate of drug-likeness (QED) is 0.826. The van der Waals surface area contributed by atoms with Gasteiger partial charge in [-0.15, -0.1) is 0 Å². The number of rotatable bonds is 2. The molecule has 0 aliphatic carbocycles. The average molecular weight is 283 g/mol. The molecule has 106 valence electrons. The predicted molar refractivity (Wildman–Crippen MR) is 68.5 cm³/mol. The van der Waals surface area contributed by atoms with E-state index in [-0.39, 0.29) is 11.1 Å². The zero-order valence-corrected chi connectivity index (χ0v) is 10.7. The Bertz CT molecular complexity index is 617. The molecular formula is C15H13F4N. The molecule has 0 heterocycles. The topological polar surface area (TPSA) is 26.0 Å². The van der Waals surface area contributed by atoms with Crippen LogP contribution in [-0.2, 0) is 11.7 Å².